The molecule has 1 aliphatic carbocycles. The van der Waals surface area contributed by atoms with E-state index in [1.165, 1.54) is 18.4 Å². The van der Waals surface area contributed by atoms with Gasteiger partial charge in [-0.2, -0.15) is 5.10 Å². The van der Waals surface area contributed by atoms with Crippen molar-refractivity contribution >= 4 is 5.91 Å². The number of H-pyrrole nitrogens is 1. The highest BCUT2D eigenvalue weighted by Crippen LogP contribution is 2.39. The van der Waals surface area contributed by atoms with Crippen molar-refractivity contribution in [1.29, 1.82) is 0 Å². The highest BCUT2D eigenvalue weighted by atomic mass is 16.5. The summed E-state index contributed by atoms with van der Waals surface area (Å²) < 4.78 is 5.30. The molecule has 1 amide bonds. The molecule has 4 rings (SSSR count). The molecule has 2 fully saturated rings. The van der Waals surface area contributed by atoms with Crippen molar-refractivity contribution in [2.45, 2.75) is 44.2 Å². The highest BCUT2D eigenvalue weighted by Gasteiger charge is 2.27. The molecule has 26 heavy (non-hydrogen) atoms. The average molecular weight is 354 g/mol. The number of benzene rings is 1. The van der Waals surface area contributed by atoms with Crippen LogP contribution in [0.3, 0.4) is 0 Å². The molecule has 6 nitrogen and oxygen atoms in total. The zero-order valence-electron chi connectivity index (χ0n) is 15.2. The molecule has 2 aromatic rings. The lowest BCUT2D eigenvalue weighted by molar-refractivity contribution is 0.0895. The monoisotopic (exact) mass is 354 g/mol. The van der Waals surface area contributed by atoms with Gasteiger partial charge in [0.25, 0.3) is 5.91 Å². The lowest BCUT2D eigenvalue weighted by Crippen LogP contribution is -2.47. The Morgan fingerprint density at radius 3 is 3.04 bits per heavy atom. The number of aromatic nitrogens is 2. The average Bonchev–Trinajstić information content (AvgIpc) is 3.39. The number of likely N-dealkylation sites (tertiary alicyclic amines) is 1. The summed E-state index contributed by atoms with van der Waals surface area (Å²) in [5, 5.41) is 10.3. The van der Waals surface area contributed by atoms with Crippen LogP contribution in [-0.4, -0.2) is 47.2 Å². The number of hydrogen-bond donors (Lipinski definition) is 2. The summed E-state index contributed by atoms with van der Waals surface area (Å²) in [5.74, 6) is 1.40. The van der Waals surface area contributed by atoms with Crippen molar-refractivity contribution in [3.05, 3.63) is 47.3 Å². The number of nitrogens with zero attached hydrogens (tertiary/aromatic N) is 2. The van der Waals surface area contributed by atoms with Crippen LogP contribution in [0.2, 0.25) is 0 Å². The Labute approximate surface area is 153 Å². The van der Waals surface area contributed by atoms with Crippen molar-refractivity contribution in [3.63, 3.8) is 0 Å². The van der Waals surface area contributed by atoms with E-state index < -0.39 is 0 Å². The SMILES string of the molecule is COc1cccc(CN2CCCC(NC(=O)c3cc(C4CC4)[nH]n3)C2)c1. The number of carbonyl (C=O) groups is 1. The van der Waals surface area contributed by atoms with Crippen LogP contribution in [0, 0.1) is 0 Å². The first-order valence-electron chi connectivity index (χ1n) is 9.43. The Hall–Kier alpha value is -2.34. The molecule has 1 aromatic carbocycles. The van der Waals surface area contributed by atoms with Gasteiger partial charge in [0.1, 0.15) is 11.4 Å². The molecule has 1 saturated heterocycles. The van der Waals surface area contributed by atoms with E-state index in [1.807, 2.05) is 18.2 Å². The number of nitrogens with one attached hydrogen (secondary N) is 2. The number of piperidine rings is 1. The van der Waals surface area contributed by atoms with Gasteiger partial charge in [-0.3, -0.25) is 14.8 Å². The zero-order valence-corrected chi connectivity index (χ0v) is 15.2. The van der Waals surface area contributed by atoms with E-state index in [9.17, 15) is 4.79 Å². The third-order valence-electron chi connectivity index (χ3n) is 5.23. The van der Waals surface area contributed by atoms with Crippen molar-refractivity contribution in [2.75, 3.05) is 20.2 Å². The highest BCUT2D eigenvalue weighted by molar-refractivity contribution is 5.92. The second-order valence-corrected chi connectivity index (χ2v) is 7.38. The lowest BCUT2D eigenvalue weighted by atomic mass is 10.0. The second-order valence-electron chi connectivity index (χ2n) is 7.38. The molecule has 0 spiro atoms. The normalized spacial score (nSPS) is 20.7. The van der Waals surface area contributed by atoms with Crippen LogP contribution in [-0.2, 0) is 6.54 Å². The maximum atomic E-state index is 12.5. The Morgan fingerprint density at radius 2 is 2.23 bits per heavy atom. The maximum absolute atomic E-state index is 12.5. The van der Waals surface area contributed by atoms with Crippen LogP contribution >= 0.6 is 0 Å². The number of rotatable bonds is 6. The van der Waals surface area contributed by atoms with Gasteiger partial charge in [-0.25, -0.2) is 0 Å². The van der Waals surface area contributed by atoms with Gasteiger partial charge in [0.15, 0.2) is 0 Å². The van der Waals surface area contributed by atoms with E-state index in [4.69, 9.17) is 4.74 Å². The summed E-state index contributed by atoms with van der Waals surface area (Å²) in [4.78, 5) is 14.9. The van der Waals surface area contributed by atoms with Crippen molar-refractivity contribution in [3.8, 4) is 5.75 Å². The van der Waals surface area contributed by atoms with Gasteiger partial charge in [0, 0.05) is 30.7 Å². The Balaban J connectivity index is 1.33. The Bertz CT molecular complexity index is 769. The van der Waals surface area contributed by atoms with E-state index in [2.05, 4.69) is 32.5 Å². The van der Waals surface area contributed by atoms with Gasteiger partial charge in [-0.15, -0.1) is 0 Å². The number of carbonyl (C=O) groups excluding carboxylic acids is 1. The van der Waals surface area contributed by atoms with Gasteiger partial charge < -0.3 is 10.1 Å². The largest absolute Gasteiger partial charge is 0.497 e. The van der Waals surface area contributed by atoms with E-state index >= 15 is 0 Å². The molecule has 0 bridgehead atoms. The second kappa shape index (κ2) is 7.50. The molecule has 2 aliphatic rings. The molecule has 1 atom stereocenters. The fourth-order valence-electron chi connectivity index (χ4n) is 3.66. The van der Waals surface area contributed by atoms with Gasteiger partial charge >= 0.3 is 0 Å². The molecule has 1 unspecified atom stereocenters. The van der Waals surface area contributed by atoms with E-state index in [1.54, 1.807) is 7.11 Å². The zero-order chi connectivity index (χ0) is 17.9. The minimum atomic E-state index is -0.0682. The summed E-state index contributed by atoms with van der Waals surface area (Å²) in [6.45, 7) is 2.79. The Kier molecular flexibility index (Phi) is 4.93. The summed E-state index contributed by atoms with van der Waals surface area (Å²) in [6, 6.07) is 10.3. The number of hydrogen-bond acceptors (Lipinski definition) is 4. The molecule has 0 radical (unpaired) electrons. The molecular formula is C20H26N4O2. The van der Waals surface area contributed by atoms with Crippen molar-refractivity contribution in [1.82, 2.24) is 20.4 Å². The molecule has 6 heteroatoms. The topological polar surface area (TPSA) is 70.2 Å². The minimum absolute atomic E-state index is 0.0682. The summed E-state index contributed by atoms with van der Waals surface area (Å²) >= 11 is 0. The van der Waals surface area contributed by atoms with E-state index in [0.717, 1.165) is 43.9 Å². The number of ether oxygens (including phenoxy) is 1. The molecule has 2 N–H and O–H groups in total. The standard InChI is InChI=1S/C20H26N4O2/c1-26-17-6-2-4-14(10-17)12-24-9-3-5-16(13-24)21-20(25)19-11-18(22-23-19)15-7-8-15/h2,4,6,10-11,15-16H,3,5,7-9,12-13H2,1H3,(H,21,25)(H,22,23). The van der Waals surface area contributed by atoms with E-state index in [-0.39, 0.29) is 11.9 Å². The smallest absolute Gasteiger partial charge is 0.272 e. The van der Waals surface area contributed by atoms with Crippen LogP contribution in [0.25, 0.3) is 0 Å². The van der Waals surface area contributed by atoms with Crippen molar-refractivity contribution < 1.29 is 9.53 Å². The predicted molar refractivity (Wildman–Crippen MR) is 99.3 cm³/mol. The minimum Gasteiger partial charge on any atom is -0.497 e. The molecule has 2 heterocycles. The first kappa shape index (κ1) is 17.1. The fourth-order valence-corrected chi connectivity index (χ4v) is 3.66. The maximum Gasteiger partial charge on any atom is 0.272 e. The molecule has 138 valence electrons. The molecule has 1 aromatic heterocycles. The summed E-state index contributed by atoms with van der Waals surface area (Å²) in [5.41, 5.74) is 2.84. The molecule has 1 saturated carbocycles. The fraction of sp³-hybridized carbons (Fsp3) is 0.500. The molecular weight excluding hydrogens is 328 g/mol. The number of amides is 1. The summed E-state index contributed by atoms with van der Waals surface area (Å²) in [7, 11) is 1.69. The van der Waals surface area contributed by atoms with Crippen molar-refractivity contribution in [2.24, 2.45) is 0 Å². The lowest BCUT2D eigenvalue weighted by Gasteiger charge is -2.33. The van der Waals surface area contributed by atoms with Gasteiger partial charge in [-0.1, -0.05) is 12.1 Å². The number of aromatic amines is 1. The van der Waals surface area contributed by atoms with Crippen LogP contribution in [0.1, 0.15) is 53.3 Å². The third-order valence-corrected chi connectivity index (χ3v) is 5.23. The first-order chi connectivity index (χ1) is 12.7. The predicted octanol–water partition coefficient (Wildman–Crippen LogP) is 2.69. The third kappa shape index (κ3) is 4.07. The Morgan fingerprint density at radius 1 is 1.35 bits per heavy atom. The van der Waals surface area contributed by atoms with E-state index in [0.29, 0.717) is 11.6 Å². The number of methoxy groups -OCH3 is 1. The van der Waals surface area contributed by atoms with Crippen LogP contribution in [0.4, 0.5) is 0 Å². The van der Waals surface area contributed by atoms with Gasteiger partial charge in [0.05, 0.1) is 7.11 Å². The summed E-state index contributed by atoms with van der Waals surface area (Å²) in [6.07, 6.45) is 4.50. The van der Waals surface area contributed by atoms with Crippen LogP contribution in [0.15, 0.2) is 30.3 Å². The van der Waals surface area contributed by atoms with Crippen LogP contribution < -0.4 is 10.1 Å². The quantitative estimate of drug-likeness (QED) is 0.837. The van der Waals surface area contributed by atoms with Crippen LogP contribution in [0.5, 0.6) is 5.75 Å². The van der Waals surface area contributed by atoms with Gasteiger partial charge in [0.2, 0.25) is 0 Å². The molecule has 1 aliphatic heterocycles. The first-order valence-corrected chi connectivity index (χ1v) is 9.43. The van der Waals surface area contributed by atoms with Gasteiger partial charge in [-0.05, 0) is 56.0 Å².